The minimum Gasteiger partial charge on any atom is -0.481 e. The lowest BCUT2D eigenvalue weighted by molar-refractivity contribution is -0.137. The SMILES string of the molecule is O=C(O)CCCCC(F)(F)CN1C(=O)OCC1C=CC(O)C(F)(F)c1ccccc1. The van der Waals surface area contributed by atoms with E-state index in [2.05, 4.69) is 0 Å². The van der Waals surface area contributed by atoms with E-state index in [1.807, 2.05) is 0 Å². The van der Waals surface area contributed by atoms with Gasteiger partial charge in [0.05, 0.1) is 12.6 Å². The van der Waals surface area contributed by atoms with Crippen LogP contribution in [0.1, 0.15) is 31.2 Å². The third-order valence-electron chi connectivity index (χ3n) is 4.64. The summed E-state index contributed by atoms with van der Waals surface area (Å²) in [5, 5.41) is 18.4. The van der Waals surface area contributed by atoms with Crippen molar-refractivity contribution in [3.05, 3.63) is 48.0 Å². The Balaban J connectivity index is 1.99. The first-order valence-corrected chi connectivity index (χ1v) is 9.36. The lowest BCUT2D eigenvalue weighted by Crippen LogP contribution is -2.42. The zero-order valence-electron chi connectivity index (χ0n) is 16.0. The summed E-state index contributed by atoms with van der Waals surface area (Å²) in [6, 6.07) is 5.59. The molecule has 30 heavy (non-hydrogen) atoms. The fourth-order valence-corrected chi connectivity index (χ4v) is 2.98. The van der Waals surface area contributed by atoms with Crippen molar-refractivity contribution in [1.29, 1.82) is 0 Å². The lowest BCUT2D eigenvalue weighted by Gasteiger charge is -2.25. The van der Waals surface area contributed by atoms with Gasteiger partial charge in [0.25, 0.3) is 5.92 Å². The molecule has 2 rings (SSSR count). The molecule has 10 heteroatoms. The summed E-state index contributed by atoms with van der Waals surface area (Å²) < 4.78 is 61.7. The fourth-order valence-electron chi connectivity index (χ4n) is 2.98. The van der Waals surface area contributed by atoms with E-state index in [1.54, 1.807) is 6.07 Å². The van der Waals surface area contributed by atoms with E-state index in [0.717, 1.165) is 24.3 Å². The number of aliphatic hydroxyl groups excluding tert-OH is 1. The highest BCUT2D eigenvalue weighted by atomic mass is 19.3. The Morgan fingerprint density at radius 3 is 2.53 bits per heavy atom. The third kappa shape index (κ3) is 6.45. The minimum absolute atomic E-state index is 0.0509. The fraction of sp³-hybridized carbons (Fsp3) is 0.500. The van der Waals surface area contributed by atoms with Gasteiger partial charge in [-0.25, -0.2) is 13.6 Å². The molecule has 0 aromatic heterocycles. The van der Waals surface area contributed by atoms with Gasteiger partial charge in [-0.1, -0.05) is 42.5 Å². The van der Waals surface area contributed by atoms with Crippen molar-refractivity contribution in [1.82, 2.24) is 4.90 Å². The zero-order valence-corrected chi connectivity index (χ0v) is 16.0. The number of hydrogen-bond acceptors (Lipinski definition) is 4. The minimum atomic E-state index is -3.61. The number of alkyl halides is 4. The average molecular weight is 433 g/mol. The summed E-state index contributed by atoms with van der Waals surface area (Å²) in [5.74, 6) is -8.00. The molecule has 0 spiro atoms. The van der Waals surface area contributed by atoms with Gasteiger partial charge in [0.2, 0.25) is 0 Å². The molecule has 0 bridgehead atoms. The van der Waals surface area contributed by atoms with Crippen LogP contribution in [0.2, 0.25) is 0 Å². The second-order valence-electron chi connectivity index (χ2n) is 7.05. The lowest BCUT2D eigenvalue weighted by atomic mass is 10.0. The largest absolute Gasteiger partial charge is 0.481 e. The monoisotopic (exact) mass is 433 g/mol. The smallest absolute Gasteiger partial charge is 0.410 e. The number of rotatable bonds is 11. The normalized spacial score (nSPS) is 18.6. The number of ether oxygens (including phenoxy) is 1. The summed E-state index contributed by atoms with van der Waals surface area (Å²) in [7, 11) is 0. The number of amides is 1. The highest BCUT2D eigenvalue weighted by molar-refractivity contribution is 5.70. The van der Waals surface area contributed by atoms with E-state index >= 15 is 0 Å². The standard InChI is InChI=1S/C20H23F4NO5/c21-19(22,11-5-4-8-17(27)28)13-25-15(12-30-18(25)29)9-10-16(26)20(23,24)14-6-2-1-3-7-14/h1-3,6-7,9-10,15-16,26H,4-5,8,11-13H2,(H,27,28). The van der Waals surface area contributed by atoms with E-state index in [9.17, 15) is 32.3 Å². The molecule has 1 aliphatic heterocycles. The Hall–Kier alpha value is -2.62. The number of benzene rings is 1. The van der Waals surface area contributed by atoms with Gasteiger partial charge in [0, 0.05) is 18.4 Å². The second-order valence-corrected chi connectivity index (χ2v) is 7.05. The molecule has 2 N–H and O–H groups in total. The molecule has 1 aromatic rings. The van der Waals surface area contributed by atoms with E-state index in [-0.39, 0.29) is 25.9 Å². The molecule has 166 valence electrons. The maximum Gasteiger partial charge on any atom is 0.410 e. The molecule has 1 aliphatic rings. The van der Waals surface area contributed by atoms with Crippen LogP contribution in [0.3, 0.4) is 0 Å². The van der Waals surface area contributed by atoms with Crippen molar-refractivity contribution in [2.24, 2.45) is 0 Å². The topological polar surface area (TPSA) is 87.1 Å². The maximum absolute atomic E-state index is 14.3. The summed E-state index contributed by atoms with van der Waals surface area (Å²) in [6.07, 6.45) is -2.28. The van der Waals surface area contributed by atoms with Crippen molar-refractivity contribution in [3.8, 4) is 0 Å². The number of aliphatic carboxylic acids is 1. The van der Waals surface area contributed by atoms with Gasteiger partial charge in [-0.3, -0.25) is 9.69 Å². The third-order valence-corrected chi connectivity index (χ3v) is 4.64. The number of carboxylic acid groups (broad SMARTS) is 1. The van der Waals surface area contributed by atoms with Crippen LogP contribution in [-0.2, 0) is 15.5 Å². The van der Waals surface area contributed by atoms with Crippen molar-refractivity contribution in [2.45, 2.75) is 49.7 Å². The van der Waals surface area contributed by atoms with E-state index in [1.165, 1.54) is 12.1 Å². The number of hydrogen-bond donors (Lipinski definition) is 2. The van der Waals surface area contributed by atoms with Crippen molar-refractivity contribution in [2.75, 3.05) is 13.2 Å². The zero-order chi connectivity index (χ0) is 22.4. The van der Waals surface area contributed by atoms with E-state index in [0.29, 0.717) is 4.90 Å². The van der Waals surface area contributed by atoms with Gasteiger partial charge < -0.3 is 14.9 Å². The molecule has 1 amide bonds. The Labute approximate surface area is 170 Å². The quantitative estimate of drug-likeness (QED) is 0.315. The summed E-state index contributed by atoms with van der Waals surface area (Å²) >= 11 is 0. The van der Waals surface area contributed by atoms with Crippen molar-refractivity contribution in [3.63, 3.8) is 0 Å². The first kappa shape index (κ1) is 23.7. The number of carbonyl (C=O) groups excluding carboxylic acids is 1. The van der Waals surface area contributed by atoms with Gasteiger partial charge in [-0.05, 0) is 12.8 Å². The second kappa shape index (κ2) is 9.92. The number of aliphatic hydroxyl groups is 1. The molecule has 0 radical (unpaired) electrons. The van der Waals surface area contributed by atoms with Crippen LogP contribution < -0.4 is 0 Å². The highest BCUT2D eigenvalue weighted by Crippen LogP contribution is 2.33. The number of carboxylic acids is 1. The van der Waals surface area contributed by atoms with Crippen molar-refractivity contribution < 1.29 is 42.1 Å². The molecule has 2 unspecified atom stereocenters. The van der Waals surface area contributed by atoms with Gasteiger partial charge in [0.15, 0.2) is 0 Å². The van der Waals surface area contributed by atoms with Crippen LogP contribution in [0.15, 0.2) is 42.5 Å². The molecule has 1 aromatic carbocycles. The first-order chi connectivity index (χ1) is 14.0. The maximum atomic E-state index is 14.3. The molecule has 0 aliphatic carbocycles. The predicted molar refractivity (Wildman–Crippen MR) is 98.4 cm³/mol. The number of halogens is 4. The Morgan fingerprint density at radius 1 is 1.23 bits per heavy atom. The Kier molecular flexibility index (Phi) is 7.83. The van der Waals surface area contributed by atoms with Crippen LogP contribution in [0.25, 0.3) is 0 Å². The number of carbonyl (C=O) groups is 2. The Morgan fingerprint density at radius 2 is 1.90 bits per heavy atom. The number of cyclic esters (lactones) is 1. The summed E-state index contributed by atoms with van der Waals surface area (Å²) in [5.41, 5.74) is -0.411. The molecule has 0 saturated carbocycles. The average Bonchev–Trinajstić information content (AvgIpc) is 3.03. The summed E-state index contributed by atoms with van der Waals surface area (Å²) in [6.45, 7) is -1.31. The van der Waals surface area contributed by atoms with Crippen LogP contribution in [0, 0.1) is 0 Å². The molecule has 6 nitrogen and oxygen atoms in total. The van der Waals surface area contributed by atoms with E-state index in [4.69, 9.17) is 9.84 Å². The van der Waals surface area contributed by atoms with Gasteiger partial charge in [0.1, 0.15) is 12.7 Å². The van der Waals surface area contributed by atoms with Crippen LogP contribution in [0.4, 0.5) is 22.4 Å². The van der Waals surface area contributed by atoms with Gasteiger partial charge >= 0.3 is 18.0 Å². The highest BCUT2D eigenvalue weighted by Gasteiger charge is 2.42. The Bertz CT molecular complexity index is 757. The first-order valence-electron chi connectivity index (χ1n) is 9.36. The van der Waals surface area contributed by atoms with Crippen LogP contribution >= 0.6 is 0 Å². The molecule has 2 atom stereocenters. The molecular formula is C20H23F4NO5. The van der Waals surface area contributed by atoms with Crippen LogP contribution in [0.5, 0.6) is 0 Å². The van der Waals surface area contributed by atoms with Crippen molar-refractivity contribution >= 4 is 12.1 Å². The molecule has 1 heterocycles. The van der Waals surface area contributed by atoms with Gasteiger partial charge in [-0.2, -0.15) is 8.78 Å². The molecular weight excluding hydrogens is 410 g/mol. The number of unbranched alkanes of at least 4 members (excludes halogenated alkanes) is 1. The number of nitrogens with zero attached hydrogens (tertiary/aromatic N) is 1. The van der Waals surface area contributed by atoms with Gasteiger partial charge in [-0.15, -0.1) is 0 Å². The summed E-state index contributed by atoms with van der Waals surface area (Å²) in [4.78, 5) is 22.9. The molecule has 1 fully saturated rings. The predicted octanol–water partition coefficient (Wildman–Crippen LogP) is 3.80. The van der Waals surface area contributed by atoms with Crippen LogP contribution in [-0.4, -0.2) is 58.4 Å². The van der Waals surface area contributed by atoms with E-state index < -0.39 is 54.6 Å². The molecule has 1 saturated heterocycles.